The molecule has 0 bridgehead atoms. The third-order valence-electron chi connectivity index (χ3n) is 5.62. The summed E-state index contributed by atoms with van der Waals surface area (Å²) in [5, 5.41) is 17.1. The summed E-state index contributed by atoms with van der Waals surface area (Å²) < 4.78 is 4.00. The first-order chi connectivity index (χ1) is 18.3. The molecule has 38 heavy (non-hydrogen) atoms. The summed E-state index contributed by atoms with van der Waals surface area (Å²) in [5.41, 5.74) is 5.38. The Labute approximate surface area is 238 Å². The summed E-state index contributed by atoms with van der Waals surface area (Å²) in [6.07, 6.45) is 3.68. The van der Waals surface area contributed by atoms with E-state index in [1.165, 1.54) is 5.56 Å². The zero-order chi connectivity index (χ0) is 27.5. The SMILES string of the molecule is C[C@@H](c1ccccc1)c1nnc2ccc(Br)cn12.C[C@H](C(=O)O)c1ccccc1.NNc1ccc(Br)cn1. The highest BCUT2D eigenvalue weighted by Gasteiger charge is 2.15. The van der Waals surface area contributed by atoms with Crippen LogP contribution in [-0.4, -0.2) is 30.7 Å². The number of nitrogens with one attached hydrogen (secondary N) is 1. The quantitative estimate of drug-likeness (QED) is 0.146. The van der Waals surface area contributed by atoms with Crippen LogP contribution in [0, 0.1) is 0 Å². The van der Waals surface area contributed by atoms with E-state index in [9.17, 15) is 4.79 Å². The lowest BCUT2D eigenvalue weighted by molar-refractivity contribution is -0.138. The summed E-state index contributed by atoms with van der Waals surface area (Å²) in [5.74, 6) is 5.72. The lowest BCUT2D eigenvalue weighted by Gasteiger charge is -2.09. The van der Waals surface area contributed by atoms with E-state index in [1.54, 1.807) is 19.2 Å². The maximum atomic E-state index is 10.5. The number of nitrogen functional groups attached to an aromatic ring is 1. The summed E-state index contributed by atoms with van der Waals surface area (Å²) in [6, 6.07) is 27.1. The number of fused-ring (bicyclic) bond motifs is 1. The minimum Gasteiger partial charge on any atom is -0.481 e. The van der Waals surface area contributed by atoms with E-state index in [0.717, 1.165) is 26.0 Å². The Balaban J connectivity index is 0.000000172. The molecule has 0 saturated carbocycles. The van der Waals surface area contributed by atoms with E-state index in [4.69, 9.17) is 10.9 Å². The fourth-order valence-corrected chi connectivity index (χ4v) is 3.99. The van der Waals surface area contributed by atoms with Crippen LogP contribution in [0.25, 0.3) is 5.65 Å². The summed E-state index contributed by atoms with van der Waals surface area (Å²) in [7, 11) is 0. The molecule has 0 aliphatic rings. The van der Waals surface area contributed by atoms with Crippen molar-refractivity contribution < 1.29 is 9.90 Å². The van der Waals surface area contributed by atoms with E-state index in [1.807, 2.05) is 77.3 Å². The first kappa shape index (κ1) is 29.0. The number of hydrazine groups is 1. The van der Waals surface area contributed by atoms with Crippen LogP contribution in [-0.2, 0) is 4.79 Å². The molecule has 0 fully saturated rings. The predicted molar refractivity (Wildman–Crippen MR) is 157 cm³/mol. The molecule has 8 nitrogen and oxygen atoms in total. The highest BCUT2D eigenvalue weighted by Crippen LogP contribution is 2.24. The van der Waals surface area contributed by atoms with Gasteiger partial charge in [-0.1, -0.05) is 67.6 Å². The van der Waals surface area contributed by atoms with Gasteiger partial charge in [-0.15, -0.1) is 10.2 Å². The topological polar surface area (TPSA) is 118 Å². The maximum Gasteiger partial charge on any atom is 0.310 e. The minimum atomic E-state index is -0.781. The Morgan fingerprint density at radius 3 is 2.03 bits per heavy atom. The number of halogens is 2. The standard InChI is InChI=1S/C14H12BrN3.C9H10O2.C5H6BrN3/c1-10(11-5-3-2-4-6-11)14-17-16-13-8-7-12(15)9-18(13)14;1-7(9(10)11)8-5-3-2-4-6-8;6-4-1-2-5(9-7)8-3-4/h2-10H,1H3;2-7H,1H3,(H,10,11);1-3H,7H2,(H,8,9)/t10-;7-;/m00./s1. The molecule has 0 amide bonds. The van der Waals surface area contributed by atoms with Gasteiger partial charge in [-0.3, -0.25) is 9.20 Å². The van der Waals surface area contributed by atoms with Gasteiger partial charge in [0.05, 0.1) is 5.92 Å². The fraction of sp³-hybridized carbons (Fsp3) is 0.143. The van der Waals surface area contributed by atoms with E-state index in [-0.39, 0.29) is 5.92 Å². The number of hydrogen-bond acceptors (Lipinski definition) is 6. The maximum absolute atomic E-state index is 10.5. The highest BCUT2D eigenvalue weighted by molar-refractivity contribution is 9.10. The molecule has 5 aromatic rings. The molecule has 2 aromatic carbocycles. The van der Waals surface area contributed by atoms with Crippen molar-refractivity contribution in [1.29, 1.82) is 0 Å². The Kier molecular flexibility index (Phi) is 11.0. The van der Waals surface area contributed by atoms with Crippen LogP contribution in [0.2, 0.25) is 0 Å². The largest absolute Gasteiger partial charge is 0.481 e. The molecule has 0 aliphatic heterocycles. The summed E-state index contributed by atoms with van der Waals surface area (Å²) in [4.78, 5) is 14.4. The molecule has 0 unspecified atom stereocenters. The normalized spacial score (nSPS) is 11.8. The third-order valence-corrected chi connectivity index (χ3v) is 6.56. The molecule has 0 spiro atoms. The van der Waals surface area contributed by atoms with Crippen LogP contribution in [0.3, 0.4) is 0 Å². The molecule has 5 rings (SSSR count). The van der Waals surface area contributed by atoms with Gasteiger partial charge >= 0.3 is 5.97 Å². The Morgan fingerprint density at radius 1 is 0.868 bits per heavy atom. The number of nitrogens with two attached hydrogens (primary N) is 1. The number of anilines is 1. The monoisotopic (exact) mass is 638 g/mol. The van der Waals surface area contributed by atoms with E-state index in [0.29, 0.717) is 5.82 Å². The van der Waals surface area contributed by atoms with Gasteiger partial charge in [0.1, 0.15) is 11.6 Å². The number of carbonyl (C=O) groups is 1. The Morgan fingerprint density at radius 2 is 1.47 bits per heavy atom. The van der Waals surface area contributed by atoms with Crippen molar-refractivity contribution in [3.05, 3.63) is 123 Å². The first-order valence-corrected chi connectivity index (χ1v) is 13.3. The number of carboxylic acid groups (broad SMARTS) is 1. The molecule has 4 N–H and O–H groups in total. The molecule has 196 valence electrons. The molecule has 3 aromatic heterocycles. The average molecular weight is 640 g/mol. The van der Waals surface area contributed by atoms with Gasteiger partial charge < -0.3 is 10.5 Å². The molecular formula is C28H28Br2N6O2. The predicted octanol–water partition coefficient (Wildman–Crippen LogP) is 6.65. The van der Waals surface area contributed by atoms with Crippen molar-refractivity contribution in [2.45, 2.75) is 25.7 Å². The molecule has 0 radical (unpaired) electrons. The van der Waals surface area contributed by atoms with Crippen LogP contribution >= 0.6 is 31.9 Å². The lowest BCUT2D eigenvalue weighted by atomic mass is 10.0. The summed E-state index contributed by atoms with van der Waals surface area (Å²) >= 11 is 6.72. The third kappa shape index (κ3) is 8.20. The van der Waals surface area contributed by atoms with Crippen molar-refractivity contribution in [2.24, 2.45) is 5.84 Å². The number of aromatic nitrogens is 4. The number of rotatable bonds is 5. The van der Waals surface area contributed by atoms with Crippen LogP contribution in [0.5, 0.6) is 0 Å². The minimum absolute atomic E-state index is 0.218. The van der Waals surface area contributed by atoms with Crippen LogP contribution < -0.4 is 11.3 Å². The Hall–Kier alpha value is -3.60. The number of benzene rings is 2. The van der Waals surface area contributed by atoms with Gasteiger partial charge in [0.2, 0.25) is 0 Å². The number of aliphatic carboxylic acids is 1. The number of nitrogens with zero attached hydrogens (tertiary/aromatic N) is 4. The molecule has 0 aliphatic carbocycles. The van der Waals surface area contributed by atoms with Gasteiger partial charge in [-0.05, 0) is 74.2 Å². The van der Waals surface area contributed by atoms with Gasteiger partial charge in [-0.25, -0.2) is 10.8 Å². The zero-order valence-corrected chi connectivity index (χ0v) is 24.0. The van der Waals surface area contributed by atoms with Gasteiger partial charge in [0.25, 0.3) is 0 Å². The summed E-state index contributed by atoms with van der Waals surface area (Å²) in [6.45, 7) is 3.82. The smallest absolute Gasteiger partial charge is 0.310 e. The van der Waals surface area contributed by atoms with E-state index >= 15 is 0 Å². The molecular weight excluding hydrogens is 612 g/mol. The second-order valence-corrected chi connectivity index (χ2v) is 10.1. The highest BCUT2D eigenvalue weighted by atomic mass is 79.9. The Bertz CT molecular complexity index is 1430. The van der Waals surface area contributed by atoms with Crippen molar-refractivity contribution in [1.82, 2.24) is 19.6 Å². The molecule has 10 heteroatoms. The molecule has 3 heterocycles. The fourth-order valence-electron chi connectivity index (χ4n) is 3.41. The first-order valence-electron chi connectivity index (χ1n) is 11.7. The van der Waals surface area contributed by atoms with Crippen molar-refractivity contribution >= 4 is 49.3 Å². The number of carboxylic acids is 1. The molecule has 2 atom stereocenters. The second-order valence-electron chi connectivity index (χ2n) is 8.24. The van der Waals surface area contributed by atoms with E-state index in [2.05, 4.69) is 71.5 Å². The van der Waals surface area contributed by atoms with Gasteiger partial charge in [0.15, 0.2) is 5.65 Å². The second kappa shape index (κ2) is 14.4. The van der Waals surface area contributed by atoms with Crippen molar-refractivity contribution in [3.8, 4) is 0 Å². The molecule has 0 saturated heterocycles. The van der Waals surface area contributed by atoms with Gasteiger partial charge in [0, 0.05) is 27.3 Å². The number of hydrogen-bond donors (Lipinski definition) is 3. The number of pyridine rings is 2. The van der Waals surface area contributed by atoms with E-state index < -0.39 is 11.9 Å². The van der Waals surface area contributed by atoms with Crippen LogP contribution in [0.1, 0.15) is 42.6 Å². The van der Waals surface area contributed by atoms with Gasteiger partial charge in [-0.2, -0.15) is 0 Å². The average Bonchev–Trinajstić information content (AvgIpc) is 3.37. The lowest BCUT2D eigenvalue weighted by Crippen LogP contribution is -2.07. The zero-order valence-electron chi connectivity index (χ0n) is 20.9. The van der Waals surface area contributed by atoms with Crippen LogP contribution in [0.15, 0.2) is 106 Å². The van der Waals surface area contributed by atoms with Crippen molar-refractivity contribution in [3.63, 3.8) is 0 Å². The van der Waals surface area contributed by atoms with Crippen LogP contribution in [0.4, 0.5) is 5.82 Å². The van der Waals surface area contributed by atoms with Crippen molar-refractivity contribution in [2.75, 3.05) is 5.43 Å².